The van der Waals surface area contributed by atoms with Crippen molar-refractivity contribution in [2.24, 2.45) is 5.92 Å². The molecule has 1 atom stereocenters. The molecule has 4 N–H and O–H groups in total. The number of carbonyl (C=O) groups excluding carboxylic acids is 2. The SMILES string of the molecule is CC(C)(NS(=O)(=O)c1ccc(NC(=O)[C@H](CC2CCNCC2)NC(=O)c2ccc(F)cn2)cc1)C(F)(F)F. The quantitative estimate of drug-likeness (QED) is 0.350. The highest BCUT2D eigenvalue weighted by Crippen LogP contribution is 2.31. The Kier molecular flexibility index (Phi) is 9.10. The van der Waals surface area contributed by atoms with Crippen molar-refractivity contribution >= 4 is 27.5 Å². The van der Waals surface area contributed by atoms with Crippen LogP contribution in [0.25, 0.3) is 0 Å². The van der Waals surface area contributed by atoms with Crippen molar-refractivity contribution in [1.29, 1.82) is 0 Å². The predicted molar refractivity (Wildman–Crippen MR) is 131 cm³/mol. The van der Waals surface area contributed by atoms with Gasteiger partial charge in [0.05, 0.1) is 11.1 Å². The van der Waals surface area contributed by atoms with Crippen molar-refractivity contribution in [2.45, 2.75) is 55.8 Å². The largest absolute Gasteiger partial charge is 0.407 e. The Morgan fingerprint density at radius 1 is 1.08 bits per heavy atom. The van der Waals surface area contributed by atoms with Gasteiger partial charge in [-0.2, -0.15) is 17.9 Å². The van der Waals surface area contributed by atoms with E-state index in [0.29, 0.717) is 20.3 Å². The Balaban J connectivity index is 1.73. The van der Waals surface area contributed by atoms with Crippen molar-refractivity contribution in [3.05, 3.63) is 54.1 Å². The lowest BCUT2D eigenvalue weighted by atomic mass is 9.90. The smallest absolute Gasteiger partial charge is 0.339 e. The van der Waals surface area contributed by atoms with Crippen LogP contribution in [-0.4, -0.2) is 56.1 Å². The molecule has 14 heteroatoms. The van der Waals surface area contributed by atoms with Crippen LogP contribution in [0.4, 0.5) is 23.2 Å². The zero-order valence-corrected chi connectivity index (χ0v) is 21.5. The number of hydrogen-bond donors (Lipinski definition) is 4. The molecule has 0 unspecified atom stereocenters. The number of amides is 2. The molecule has 1 aliphatic rings. The van der Waals surface area contributed by atoms with Gasteiger partial charge in [0.15, 0.2) is 0 Å². The summed E-state index contributed by atoms with van der Waals surface area (Å²) in [7, 11) is -4.51. The zero-order chi connectivity index (χ0) is 28.1. The molecule has 9 nitrogen and oxygen atoms in total. The van der Waals surface area contributed by atoms with E-state index in [9.17, 15) is 35.6 Å². The van der Waals surface area contributed by atoms with Gasteiger partial charge in [-0.1, -0.05) is 0 Å². The fraction of sp³-hybridized carbons (Fsp3) is 0.458. The van der Waals surface area contributed by atoms with Gasteiger partial charge in [0.25, 0.3) is 5.91 Å². The number of rotatable bonds is 9. The molecule has 2 aromatic rings. The Labute approximate surface area is 217 Å². The van der Waals surface area contributed by atoms with Crippen molar-refractivity contribution in [2.75, 3.05) is 18.4 Å². The highest BCUT2D eigenvalue weighted by Gasteiger charge is 2.49. The molecule has 1 aliphatic heterocycles. The highest BCUT2D eigenvalue weighted by molar-refractivity contribution is 7.89. The lowest BCUT2D eigenvalue weighted by molar-refractivity contribution is -0.180. The number of benzene rings is 1. The molecule has 1 fully saturated rings. The van der Waals surface area contributed by atoms with E-state index >= 15 is 0 Å². The number of pyridine rings is 1. The fourth-order valence-electron chi connectivity index (χ4n) is 3.82. The summed E-state index contributed by atoms with van der Waals surface area (Å²) in [6, 6.07) is 5.88. The first-order chi connectivity index (χ1) is 17.7. The number of nitrogens with zero attached hydrogens (tertiary/aromatic N) is 1. The molecule has 1 saturated heterocycles. The Morgan fingerprint density at radius 2 is 1.71 bits per heavy atom. The monoisotopic (exact) mass is 559 g/mol. The van der Waals surface area contributed by atoms with E-state index in [2.05, 4.69) is 20.9 Å². The van der Waals surface area contributed by atoms with E-state index in [1.165, 1.54) is 18.2 Å². The summed E-state index contributed by atoms with van der Waals surface area (Å²) >= 11 is 0. The summed E-state index contributed by atoms with van der Waals surface area (Å²) in [5.74, 6) is -1.72. The maximum atomic E-state index is 13.2. The average Bonchev–Trinajstić information content (AvgIpc) is 2.83. The van der Waals surface area contributed by atoms with Crippen LogP contribution in [-0.2, 0) is 14.8 Å². The minimum absolute atomic E-state index is 0.0710. The number of alkyl halides is 3. The summed E-state index contributed by atoms with van der Waals surface area (Å²) in [6.07, 6.45) is -2.02. The number of piperidine rings is 1. The van der Waals surface area contributed by atoms with Crippen LogP contribution in [0.15, 0.2) is 47.5 Å². The first-order valence-electron chi connectivity index (χ1n) is 11.8. The van der Waals surface area contributed by atoms with Crippen molar-refractivity contribution < 1.29 is 35.6 Å². The van der Waals surface area contributed by atoms with Crippen LogP contribution in [0.3, 0.4) is 0 Å². The molecule has 2 heterocycles. The lowest BCUT2D eigenvalue weighted by Crippen LogP contribution is -2.54. The third kappa shape index (κ3) is 7.71. The van der Waals surface area contributed by atoms with Gasteiger partial charge in [-0.05, 0) is 88.5 Å². The molecular formula is C24H29F4N5O4S. The second-order valence-corrected chi connectivity index (χ2v) is 11.2. The van der Waals surface area contributed by atoms with Crippen LogP contribution in [0.5, 0.6) is 0 Å². The Hall–Kier alpha value is -3.10. The molecule has 208 valence electrons. The Morgan fingerprint density at radius 3 is 2.26 bits per heavy atom. The van der Waals surface area contributed by atoms with Gasteiger partial charge < -0.3 is 16.0 Å². The number of sulfonamides is 1. The summed E-state index contributed by atoms with van der Waals surface area (Å²) < 4.78 is 79.1. The predicted octanol–water partition coefficient (Wildman–Crippen LogP) is 2.97. The summed E-state index contributed by atoms with van der Waals surface area (Å²) in [4.78, 5) is 29.1. The molecule has 1 aromatic heterocycles. The van der Waals surface area contributed by atoms with Crippen LogP contribution in [0.2, 0.25) is 0 Å². The van der Waals surface area contributed by atoms with Crippen LogP contribution < -0.4 is 20.7 Å². The van der Waals surface area contributed by atoms with Gasteiger partial charge in [-0.25, -0.2) is 17.8 Å². The first kappa shape index (κ1) is 29.5. The van der Waals surface area contributed by atoms with E-state index in [1.54, 1.807) is 4.72 Å². The molecule has 0 bridgehead atoms. The highest BCUT2D eigenvalue weighted by atomic mass is 32.2. The van der Waals surface area contributed by atoms with E-state index in [1.807, 2.05) is 0 Å². The number of anilines is 1. The summed E-state index contributed by atoms with van der Waals surface area (Å²) in [5.41, 5.74) is -2.59. The second-order valence-electron chi connectivity index (χ2n) is 9.56. The normalized spacial score (nSPS) is 16.1. The number of nitrogens with one attached hydrogen (secondary N) is 4. The Bertz CT molecular complexity index is 1230. The number of aromatic nitrogens is 1. The van der Waals surface area contributed by atoms with Crippen molar-refractivity contribution in [3.63, 3.8) is 0 Å². The fourth-order valence-corrected chi connectivity index (χ4v) is 5.22. The molecule has 0 radical (unpaired) electrons. The first-order valence-corrected chi connectivity index (χ1v) is 13.3. The molecule has 0 spiro atoms. The van der Waals surface area contributed by atoms with E-state index in [0.717, 1.165) is 50.3 Å². The second kappa shape index (κ2) is 11.7. The van der Waals surface area contributed by atoms with Crippen LogP contribution in [0.1, 0.15) is 43.6 Å². The molecule has 38 heavy (non-hydrogen) atoms. The number of carbonyl (C=O) groups is 2. The van der Waals surface area contributed by atoms with Gasteiger partial charge in [-0.15, -0.1) is 0 Å². The maximum absolute atomic E-state index is 13.2. The van der Waals surface area contributed by atoms with Gasteiger partial charge >= 0.3 is 6.18 Å². The average molecular weight is 560 g/mol. The minimum Gasteiger partial charge on any atom is -0.339 e. The third-order valence-electron chi connectivity index (χ3n) is 6.14. The molecule has 1 aromatic carbocycles. The maximum Gasteiger partial charge on any atom is 0.407 e. The van der Waals surface area contributed by atoms with Crippen LogP contribution in [0, 0.1) is 11.7 Å². The zero-order valence-electron chi connectivity index (χ0n) is 20.7. The standard InChI is InChI=1S/C24H29F4N5O4S/c1-23(2,24(26,27)28)33-38(36,37)18-6-4-17(5-7-18)31-22(35)20(13-15-9-11-29-12-10-15)32-21(34)19-8-3-16(25)14-30-19/h3-8,14-15,20,29,33H,9-13H2,1-2H3,(H,31,35)(H,32,34)/t20-/m0/s1. The number of hydrogen-bond acceptors (Lipinski definition) is 6. The molecule has 3 rings (SSSR count). The van der Waals surface area contributed by atoms with Gasteiger partial charge in [0.2, 0.25) is 15.9 Å². The number of halogens is 4. The van der Waals surface area contributed by atoms with E-state index in [-0.39, 0.29) is 17.3 Å². The molecule has 0 saturated carbocycles. The van der Waals surface area contributed by atoms with E-state index < -0.39 is 50.3 Å². The molecular weight excluding hydrogens is 530 g/mol. The van der Waals surface area contributed by atoms with Gasteiger partial charge in [-0.3, -0.25) is 9.59 Å². The summed E-state index contributed by atoms with van der Waals surface area (Å²) in [6.45, 7) is 2.94. The van der Waals surface area contributed by atoms with Gasteiger partial charge in [0.1, 0.15) is 23.1 Å². The molecule has 2 amide bonds. The topological polar surface area (TPSA) is 129 Å². The van der Waals surface area contributed by atoms with Crippen molar-refractivity contribution in [3.8, 4) is 0 Å². The summed E-state index contributed by atoms with van der Waals surface area (Å²) in [5, 5.41) is 8.45. The third-order valence-corrected chi connectivity index (χ3v) is 7.81. The van der Waals surface area contributed by atoms with E-state index in [4.69, 9.17) is 0 Å². The lowest BCUT2D eigenvalue weighted by Gasteiger charge is -2.28. The van der Waals surface area contributed by atoms with Gasteiger partial charge in [0, 0.05) is 5.69 Å². The minimum atomic E-state index is -4.81. The van der Waals surface area contributed by atoms with Crippen molar-refractivity contribution in [1.82, 2.24) is 20.3 Å². The molecule has 0 aliphatic carbocycles. The van der Waals surface area contributed by atoms with Crippen LogP contribution >= 0.6 is 0 Å².